The van der Waals surface area contributed by atoms with Crippen LogP contribution >= 0.6 is 0 Å². The number of hydrogen-bond acceptors (Lipinski definition) is 3. The molecule has 1 fully saturated rings. The monoisotopic (exact) mass is 250 g/mol. The molecule has 1 aliphatic rings. The van der Waals surface area contributed by atoms with E-state index in [9.17, 15) is 0 Å². The van der Waals surface area contributed by atoms with Crippen molar-refractivity contribution in [3.05, 3.63) is 18.2 Å². The molecule has 0 aromatic carbocycles. The summed E-state index contributed by atoms with van der Waals surface area (Å²) in [4.78, 5) is 6.73. The van der Waals surface area contributed by atoms with Crippen molar-refractivity contribution in [3.8, 4) is 0 Å². The van der Waals surface area contributed by atoms with Gasteiger partial charge in [0.2, 0.25) is 0 Å². The molecule has 2 heterocycles. The number of likely N-dealkylation sites (tertiary alicyclic amines) is 1. The van der Waals surface area contributed by atoms with E-state index < -0.39 is 0 Å². The Hall–Kier alpha value is -0.870. The molecule has 0 aliphatic carbocycles. The number of imidazole rings is 1. The summed E-state index contributed by atoms with van der Waals surface area (Å²) in [6.07, 6.45) is 6.49. The van der Waals surface area contributed by atoms with Crippen LogP contribution in [0.4, 0.5) is 0 Å². The van der Waals surface area contributed by atoms with Gasteiger partial charge in [0.15, 0.2) is 0 Å². The Morgan fingerprint density at radius 1 is 1.39 bits per heavy atom. The molecule has 2 rings (SSSR count). The zero-order valence-corrected chi connectivity index (χ0v) is 11.9. The van der Waals surface area contributed by atoms with Gasteiger partial charge < -0.3 is 14.8 Å². The summed E-state index contributed by atoms with van der Waals surface area (Å²) in [7, 11) is 2.20. The fraction of sp³-hybridized carbons (Fsp3) is 0.786. The van der Waals surface area contributed by atoms with Crippen LogP contribution in [-0.4, -0.2) is 41.1 Å². The first-order valence-electron chi connectivity index (χ1n) is 7.06. The number of nitrogens with one attached hydrogen (secondary N) is 1. The molecule has 1 aromatic heterocycles. The van der Waals surface area contributed by atoms with E-state index in [1.807, 2.05) is 12.5 Å². The van der Waals surface area contributed by atoms with Crippen LogP contribution in [0.15, 0.2) is 12.5 Å². The van der Waals surface area contributed by atoms with E-state index in [2.05, 4.69) is 40.7 Å². The van der Waals surface area contributed by atoms with Gasteiger partial charge in [-0.25, -0.2) is 4.98 Å². The molecule has 18 heavy (non-hydrogen) atoms. The van der Waals surface area contributed by atoms with Gasteiger partial charge in [0.05, 0.1) is 12.0 Å². The molecule has 1 N–H and O–H groups in total. The number of piperidine rings is 1. The molecule has 0 saturated carbocycles. The van der Waals surface area contributed by atoms with Crippen molar-refractivity contribution in [2.75, 3.05) is 26.7 Å². The highest BCUT2D eigenvalue weighted by Gasteiger charge is 2.19. The van der Waals surface area contributed by atoms with Gasteiger partial charge in [0, 0.05) is 18.8 Å². The van der Waals surface area contributed by atoms with Crippen LogP contribution in [-0.2, 0) is 6.54 Å². The fourth-order valence-electron chi connectivity index (χ4n) is 2.56. The summed E-state index contributed by atoms with van der Waals surface area (Å²) in [5.41, 5.74) is 1.32. The SMILES string of the molecule is CC(C)CNCc1cncn1C1CCN(C)CC1. The highest BCUT2D eigenvalue weighted by atomic mass is 15.1. The number of aromatic nitrogens is 2. The Bertz CT molecular complexity index is 350. The Kier molecular flexibility index (Phi) is 4.78. The molecule has 0 unspecified atom stereocenters. The van der Waals surface area contributed by atoms with Crippen molar-refractivity contribution in [1.82, 2.24) is 19.8 Å². The second-order valence-corrected chi connectivity index (χ2v) is 5.85. The third kappa shape index (κ3) is 3.56. The van der Waals surface area contributed by atoms with E-state index in [1.54, 1.807) is 0 Å². The molecule has 1 aromatic rings. The van der Waals surface area contributed by atoms with Gasteiger partial charge in [-0.1, -0.05) is 13.8 Å². The summed E-state index contributed by atoms with van der Waals surface area (Å²) in [6, 6.07) is 0.638. The molecule has 0 atom stereocenters. The fourth-order valence-corrected chi connectivity index (χ4v) is 2.56. The summed E-state index contributed by atoms with van der Waals surface area (Å²) in [5, 5.41) is 3.50. The standard InChI is InChI=1S/C14H26N4/c1-12(2)8-15-9-14-10-16-11-18(14)13-4-6-17(3)7-5-13/h10-13,15H,4-9H2,1-3H3. The summed E-state index contributed by atoms with van der Waals surface area (Å²) in [5.74, 6) is 0.699. The Balaban J connectivity index is 1.90. The molecule has 4 heteroatoms. The highest BCUT2D eigenvalue weighted by Crippen LogP contribution is 2.23. The van der Waals surface area contributed by atoms with Crippen LogP contribution in [0, 0.1) is 5.92 Å². The van der Waals surface area contributed by atoms with Gasteiger partial charge >= 0.3 is 0 Å². The second kappa shape index (κ2) is 6.34. The number of nitrogens with zero attached hydrogens (tertiary/aromatic N) is 3. The van der Waals surface area contributed by atoms with Crippen molar-refractivity contribution in [3.63, 3.8) is 0 Å². The van der Waals surface area contributed by atoms with E-state index in [0.717, 1.165) is 13.1 Å². The number of rotatable bonds is 5. The van der Waals surface area contributed by atoms with E-state index in [-0.39, 0.29) is 0 Å². The van der Waals surface area contributed by atoms with Gasteiger partial charge in [-0.05, 0) is 45.4 Å². The third-order valence-electron chi connectivity index (χ3n) is 3.69. The normalized spacial score (nSPS) is 18.7. The van der Waals surface area contributed by atoms with Gasteiger partial charge in [-0.15, -0.1) is 0 Å². The zero-order valence-electron chi connectivity index (χ0n) is 11.9. The lowest BCUT2D eigenvalue weighted by Gasteiger charge is -2.30. The minimum absolute atomic E-state index is 0.638. The lowest BCUT2D eigenvalue weighted by molar-refractivity contribution is 0.218. The van der Waals surface area contributed by atoms with E-state index in [0.29, 0.717) is 12.0 Å². The summed E-state index contributed by atoms with van der Waals surface area (Å²) >= 11 is 0. The third-order valence-corrected chi connectivity index (χ3v) is 3.69. The summed E-state index contributed by atoms with van der Waals surface area (Å²) in [6.45, 7) is 8.87. The molecule has 0 spiro atoms. The van der Waals surface area contributed by atoms with Crippen LogP contribution in [0.25, 0.3) is 0 Å². The minimum Gasteiger partial charge on any atom is -0.330 e. The van der Waals surface area contributed by atoms with Crippen LogP contribution in [0.3, 0.4) is 0 Å². The van der Waals surface area contributed by atoms with E-state index >= 15 is 0 Å². The maximum Gasteiger partial charge on any atom is 0.0951 e. The van der Waals surface area contributed by atoms with Crippen molar-refractivity contribution >= 4 is 0 Å². The second-order valence-electron chi connectivity index (χ2n) is 5.85. The van der Waals surface area contributed by atoms with Crippen molar-refractivity contribution in [1.29, 1.82) is 0 Å². The first-order chi connectivity index (χ1) is 8.66. The number of hydrogen-bond donors (Lipinski definition) is 1. The van der Waals surface area contributed by atoms with Crippen molar-refractivity contribution < 1.29 is 0 Å². The van der Waals surface area contributed by atoms with Crippen LogP contribution in [0.2, 0.25) is 0 Å². The Morgan fingerprint density at radius 2 is 2.11 bits per heavy atom. The van der Waals surface area contributed by atoms with Crippen LogP contribution in [0.1, 0.15) is 38.4 Å². The van der Waals surface area contributed by atoms with Crippen molar-refractivity contribution in [2.24, 2.45) is 5.92 Å². The van der Waals surface area contributed by atoms with E-state index in [4.69, 9.17) is 0 Å². The molecular formula is C14H26N4. The molecule has 4 nitrogen and oxygen atoms in total. The zero-order chi connectivity index (χ0) is 13.0. The molecule has 0 bridgehead atoms. The topological polar surface area (TPSA) is 33.1 Å². The maximum atomic E-state index is 4.32. The molecule has 0 amide bonds. The van der Waals surface area contributed by atoms with Crippen LogP contribution in [0.5, 0.6) is 0 Å². The first kappa shape index (κ1) is 13.6. The lowest BCUT2D eigenvalue weighted by atomic mass is 10.1. The molecule has 1 aliphatic heterocycles. The predicted octanol–water partition coefficient (Wildman–Crippen LogP) is 1.90. The Labute approximate surface area is 110 Å². The van der Waals surface area contributed by atoms with Crippen molar-refractivity contribution in [2.45, 2.75) is 39.3 Å². The largest absolute Gasteiger partial charge is 0.330 e. The molecule has 1 saturated heterocycles. The van der Waals surface area contributed by atoms with Crippen LogP contribution < -0.4 is 5.32 Å². The molecule has 0 radical (unpaired) electrons. The van der Waals surface area contributed by atoms with Gasteiger partial charge in [-0.3, -0.25) is 0 Å². The smallest absolute Gasteiger partial charge is 0.0951 e. The van der Waals surface area contributed by atoms with Gasteiger partial charge in [-0.2, -0.15) is 0 Å². The molecule has 102 valence electrons. The average Bonchev–Trinajstić information content (AvgIpc) is 2.78. The average molecular weight is 250 g/mol. The maximum absolute atomic E-state index is 4.32. The van der Waals surface area contributed by atoms with Gasteiger partial charge in [0.25, 0.3) is 0 Å². The van der Waals surface area contributed by atoms with Gasteiger partial charge in [0.1, 0.15) is 0 Å². The Morgan fingerprint density at radius 3 is 2.78 bits per heavy atom. The first-order valence-corrected chi connectivity index (χ1v) is 7.06. The predicted molar refractivity (Wildman–Crippen MR) is 74.5 cm³/mol. The quantitative estimate of drug-likeness (QED) is 0.866. The lowest BCUT2D eigenvalue weighted by Crippen LogP contribution is -2.32. The van der Waals surface area contributed by atoms with E-state index in [1.165, 1.54) is 31.6 Å². The highest BCUT2D eigenvalue weighted by molar-refractivity contribution is 5.01. The minimum atomic E-state index is 0.638. The molecular weight excluding hydrogens is 224 g/mol. The summed E-state index contributed by atoms with van der Waals surface area (Å²) < 4.78 is 2.38.